The highest BCUT2D eigenvalue weighted by Gasteiger charge is 2.23. The summed E-state index contributed by atoms with van der Waals surface area (Å²) in [5, 5.41) is 4.53. The fourth-order valence-electron chi connectivity index (χ4n) is 7.77. The van der Waals surface area contributed by atoms with E-state index >= 15 is 0 Å². The van der Waals surface area contributed by atoms with Gasteiger partial charge in [0.2, 0.25) is 5.95 Å². The Balaban J connectivity index is 1.25. The van der Waals surface area contributed by atoms with Crippen LogP contribution in [-0.4, -0.2) is 34.1 Å². The van der Waals surface area contributed by atoms with E-state index in [2.05, 4.69) is 94.1 Å². The van der Waals surface area contributed by atoms with Crippen molar-refractivity contribution in [1.82, 2.24) is 34.1 Å². The molecule has 0 fully saturated rings. The zero-order chi connectivity index (χ0) is 35.6. The summed E-state index contributed by atoms with van der Waals surface area (Å²) in [6.07, 6.45) is 1.86. The van der Waals surface area contributed by atoms with E-state index in [-0.39, 0.29) is 0 Å². The molecule has 7 aromatic carbocycles. The quantitative estimate of drug-likeness (QED) is 0.180. The molecule has 252 valence electrons. The van der Waals surface area contributed by atoms with Crippen LogP contribution in [0.2, 0.25) is 0 Å². The second-order valence-electron chi connectivity index (χ2n) is 13.4. The Morgan fingerprint density at radius 2 is 0.907 bits per heavy atom. The van der Waals surface area contributed by atoms with Gasteiger partial charge in [0.15, 0.2) is 11.6 Å². The molecule has 0 amide bonds. The average Bonchev–Trinajstić information content (AvgIpc) is 3.77. The summed E-state index contributed by atoms with van der Waals surface area (Å²) in [7, 11) is 0. The number of para-hydroxylation sites is 4. The van der Waals surface area contributed by atoms with E-state index in [4.69, 9.17) is 24.9 Å². The Morgan fingerprint density at radius 1 is 0.370 bits per heavy atom. The zero-order valence-corrected chi connectivity index (χ0v) is 28.9. The molecule has 0 aliphatic heterocycles. The predicted octanol–water partition coefficient (Wildman–Crippen LogP) is 11.0. The van der Waals surface area contributed by atoms with Crippen molar-refractivity contribution in [1.29, 1.82) is 0 Å². The van der Waals surface area contributed by atoms with Crippen LogP contribution in [0.15, 0.2) is 176 Å². The van der Waals surface area contributed by atoms with Gasteiger partial charge < -0.3 is 4.57 Å². The first kappa shape index (κ1) is 30.1. The smallest absolute Gasteiger partial charge is 0.238 e. The maximum atomic E-state index is 5.23. The van der Waals surface area contributed by atoms with Crippen LogP contribution in [0.3, 0.4) is 0 Å². The van der Waals surface area contributed by atoms with Crippen molar-refractivity contribution >= 4 is 54.6 Å². The van der Waals surface area contributed by atoms with Gasteiger partial charge in [0.05, 0.1) is 45.0 Å². The largest absolute Gasteiger partial charge is 0.307 e. The first-order valence-electron chi connectivity index (χ1n) is 17.9. The van der Waals surface area contributed by atoms with Crippen molar-refractivity contribution < 1.29 is 0 Å². The molecule has 11 rings (SSSR count). The summed E-state index contributed by atoms with van der Waals surface area (Å²) in [4.78, 5) is 25.2. The third kappa shape index (κ3) is 4.72. The molecule has 0 atom stereocenters. The number of fused-ring (bicyclic) bond motifs is 8. The van der Waals surface area contributed by atoms with Crippen LogP contribution in [-0.2, 0) is 0 Å². The number of hydrogen-bond donors (Lipinski definition) is 0. The first-order chi connectivity index (χ1) is 26.8. The number of nitrogens with zero attached hydrogens (tertiary/aromatic N) is 7. The third-order valence-corrected chi connectivity index (χ3v) is 10.2. The van der Waals surface area contributed by atoms with Gasteiger partial charge in [-0.3, -0.25) is 9.55 Å². The molecule has 7 heteroatoms. The average molecular weight is 692 g/mol. The monoisotopic (exact) mass is 691 g/mol. The van der Waals surface area contributed by atoms with Gasteiger partial charge >= 0.3 is 0 Å². The summed E-state index contributed by atoms with van der Waals surface area (Å²) in [6.45, 7) is 0. The van der Waals surface area contributed by atoms with Gasteiger partial charge in [0, 0.05) is 43.9 Å². The summed E-state index contributed by atoms with van der Waals surface area (Å²) in [6, 6.07) is 58.4. The van der Waals surface area contributed by atoms with Crippen molar-refractivity contribution in [3.05, 3.63) is 176 Å². The summed E-state index contributed by atoms with van der Waals surface area (Å²) < 4.78 is 4.60. The highest BCUT2D eigenvalue weighted by atomic mass is 15.2. The summed E-state index contributed by atoms with van der Waals surface area (Å²) >= 11 is 0. The Kier molecular flexibility index (Phi) is 6.72. The minimum Gasteiger partial charge on any atom is -0.307 e. The lowest BCUT2D eigenvalue weighted by atomic mass is 10.1. The van der Waals surface area contributed by atoms with E-state index in [1.807, 2.05) is 91.1 Å². The van der Waals surface area contributed by atoms with Crippen molar-refractivity contribution in [2.45, 2.75) is 0 Å². The topological polar surface area (TPSA) is 74.3 Å². The van der Waals surface area contributed by atoms with Gasteiger partial charge in [0.1, 0.15) is 0 Å². The summed E-state index contributed by atoms with van der Waals surface area (Å²) in [5.74, 6) is 1.78. The van der Waals surface area contributed by atoms with Crippen LogP contribution in [0, 0.1) is 0 Å². The normalized spacial score (nSPS) is 11.7. The van der Waals surface area contributed by atoms with E-state index in [0.717, 1.165) is 82.7 Å². The van der Waals surface area contributed by atoms with E-state index in [1.165, 1.54) is 0 Å². The minimum absolute atomic E-state index is 0.554. The number of hydrogen-bond acceptors (Lipinski definition) is 5. The van der Waals surface area contributed by atoms with Crippen LogP contribution >= 0.6 is 0 Å². The second kappa shape index (κ2) is 12.0. The highest BCUT2D eigenvalue weighted by molar-refractivity contribution is 6.23. The van der Waals surface area contributed by atoms with Gasteiger partial charge in [-0.15, -0.1) is 0 Å². The Morgan fingerprint density at radius 3 is 1.57 bits per heavy atom. The molecule has 4 aromatic heterocycles. The predicted molar refractivity (Wildman–Crippen MR) is 218 cm³/mol. The lowest BCUT2D eigenvalue weighted by molar-refractivity contribution is 0.953. The Labute approximate surface area is 309 Å². The molecule has 0 spiro atoms. The number of rotatable bonds is 5. The molecule has 0 saturated heterocycles. The van der Waals surface area contributed by atoms with Crippen molar-refractivity contribution in [2.75, 3.05) is 0 Å². The standard InChI is InChI=1S/C47H29N7/c1-3-14-30(15-4-1)45-50-46(31-16-5-2-6-17-31)52-47(51-45)54-42-25-12-8-21-35(42)37-27-26-36-34-20-7-11-24-41(34)53(43(36)44(37)54)33-19-13-18-32(28-33)40-29-48-38-22-9-10-23-39(38)49-40/h1-29H. The molecule has 0 radical (unpaired) electrons. The second-order valence-corrected chi connectivity index (χ2v) is 13.4. The van der Waals surface area contributed by atoms with E-state index in [9.17, 15) is 0 Å². The molecule has 0 N–H and O–H groups in total. The fraction of sp³-hybridized carbons (Fsp3) is 0. The molecule has 0 saturated carbocycles. The van der Waals surface area contributed by atoms with E-state index in [1.54, 1.807) is 0 Å². The Bertz CT molecular complexity index is 3160. The van der Waals surface area contributed by atoms with Crippen LogP contribution in [0.4, 0.5) is 0 Å². The molecular weight excluding hydrogens is 663 g/mol. The lowest BCUT2D eigenvalue weighted by Crippen LogP contribution is -2.07. The van der Waals surface area contributed by atoms with E-state index < -0.39 is 0 Å². The van der Waals surface area contributed by atoms with Gasteiger partial charge in [-0.25, -0.2) is 9.97 Å². The molecule has 0 aliphatic rings. The fourth-order valence-corrected chi connectivity index (χ4v) is 7.77. The van der Waals surface area contributed by atoms with Crippen molar-refractivity contribution in [2.24, 2.45) is 0 Å². The minimum atomic E-state index is 0.554. The molecule has 4 heterocycles. The van der Waals surface area contributed by atoms with Gasteiger partial charge in [-0.2, -0.15) is 9.97 Å². The molecule has 0 unspecified atom stereocenters. The zero-order valence-electron chi connectivity index (χ0n) is 28.9. The number of aromatic nitrogens is 7. The molecule has 7 nitrogen and oxygen atoms in total. The van der Waals surface area contributed by atoms with Gasteiger partial charge in [-0.05, 0) is 36.4 Å². The van der Waals surface area contributed by atoms with Gasteiger partial charge in [-0.1, -0.05) is 133 Å². The number of benzene rings is 7. The van der Waals surface area contributed by atoms with Crippen molar-refractivity contribution in [3.63, 3.8) is 0 Å². The lowest BCUT2D eigenvalue weighted by Gasteiger charge is -2.14. The highest BCUT2D eigenvalue weighted by Crippen LogP contribution is 2.42. The Hall–Kier alpha value is -7.51. The molecule has 0 aliphatic carbocycles. The molecule has 0 bridgehead atoms. The van der Waals surface area contributed by atoms with Crippen LogP contribution in [0.1, 0.15) is 0 Å². The van der Waals surface area contributed by atoms with Crippen LogP contribution in [0.5, 0.6) is 0 Å². The van der Waals surface area contributed by atoms with Crippen LogP contribution in [0.25, 0.3) is 100 Å². The molecule has 54 heavy (non-hydrogen) atoms. The summed E-state index contributed by atoms with van der Waals surface area (Å²) in [5.41, 5.74) is 10.6. The van der Waals surface area contributed by atoms with E-state index in [0.29, 0.717) is 17.6 Å². The maximum Gasteiger partial charge on any atom is 0.238 e. The van der Waals surface area contributed by atoms with Crippen molar-refractivity contribution in [3.8, 4) is 45.7 Å². The molecular formula is C47H29N7. The van der Waals surface area contributed by atoms with Gasteiger partial charge in [0.25, 0.3) is 0 Å². The third-order valence-electron chi connectivity index (χ3n) is 10.2. The first-order valence-corrected chi connectivity index (χ1v) is 17.9. The van der Waals surface area contributed by atoms with Crippen LogP contribution < -0.4 is 0 Å². The SMILES string of the molecule is c1ccc(-c2nc(-c3ccccc3)nc(-n3c4ccccc4c4ccc5c6ccccc6n(-c6cccc(-c7cnc8ccccc8n7)c6)c5c43)n2)cc1. The maximum absolute atomic E-state index is 5.23. The molecule has 11 aromatic rings.